The number of hydrogen-bond acceptors (Lipinski definition) is 5. The maximum atomic E-state index is 12.2. The molecule has 1 amide bonds. The Labute approximate surface area is 158 Å². The zero-order valence-corrected chi connectivity index (χ0v) is 16.1. The summed E-state index contributed by atoms with van der Waals surface area (Å²) in [6.45, 7) is 2.45. The summed E-state index contributed by atoms with van der Waals surface area (Å²) in [6, 6.07) is 12.8. The highest BCUT2D eigenvalue weighted by atomic mass is 32.2. The number of benzene rings is 2. The zero-order chi connectivity index (χ0) is 19.4. The van der Waals surface area contributed by atoms with Crippen LogP contribution in [0.15, 0.2) is 42.5 Å². The van der Waals surface area contributed by atoms with E-state index >= 15 is 0 Å². The van der Waals surface area contributed by atoms with Crippen LogP contribution in [0.5, 0.6) is 11.5 Å². The highest BCUT2D eigenvalue weighted by molar-refractivity contribution is 7.88. The Hall–Kier alpha value is -2.58. The van der Waals surface area contributed by atoms with E-state index in [-0.39, 0.29) is 32.2 Å². The van der Waals surface area contributed by atoms with E-state index in [2.05, 4.69) is 5.32 Å². The Morgan fingerprint density at radius 2 is 1.93 bits per heavy atom. The molecule has 7 nitrogen and oxygen atoms in total. The molecule has 0 aliphatic carbocycles. The second kappa shape index (κ2) is 7.98. The van der Waals surface area contributed by atoms with Crippen LogP contribution in [0.2, 0.25) is 0 Å². The van der Waals surface area contributed by atoms with Crippen molar-refractivity contribution >= 4 is 21.6 Å². The Kier molecular flexibility index (Phi) is 5.67. The first-order chi connectivity index (χ1) is 12.8. The van der Waals surface area contributed by atoms with Crippen molar-refractivity contribution in [2.75, 3.05) is 24.9 Å². The Morgan fingerprint density at radius 3 is 2.67 bits per heavy atom. The fourth-order valence-electron chi connectivity index (χ4n) is 2.80. The topological polar surface area (TPSA) is 84.9 Å². The molecule has 0 saturated carbocycles. The first-order valence-electron chi connectivity index (χ1n) is 8.51. The van der Waals surface area contributed by atoms with Gasteiger partial charge in [0, 0.05) is 31.3 Å². The van der Waals surface area contributed by atoms with E-state index in [0.717, 1.165) is 17.4 Å². The lowest BCUT2D eigenvalue weighted by Crippen LogP contribution is -2.32. The summed E-state index contributed by atoms with van der Waals surface area (Å²) < 4.78 is 36.0. The van der Waals surface area contributed by atoms with E-state index in [1.807, 2.05) is 31.2 Å². The zero-order valence-electron chi connectivity index (χ0n) is 15.3. The molecule has 0 radical (unpaired) electrons. The molecular formula is C19H22N2O5S. The maximum Gasteiger partial charge on any atom is 0.231 e. The SMILES string of the molecule is Cc1cccc(CN(CCC(=O)Nc2ccc3c(c2)OCO3)S(C)(=O)=O)c1. The summed E-state index contributed by atoms with van der Waals surface area (Å²) in [7, 11) is -3.44. The molecule has 2 aromatic rings. The van der Waals surface area contributed by atoms with E-state index < -0.39 is 10.0 Å². The standard InChI is InChI=1S/C19H22N2O5S/c1-14-4-3-5-15(10-14)12-21(27(2,23)24)9-8-19(22)20-16-6-7-17-18(11-16)26-13-25-17/h3-7,10-11H,8-9,12-13H2,1-2H3,(H,20,22). The number of fused-ring (bicyclic) bond motifs is 1. The van der Waals surface area contributed by atoms with Gasteiger partial charge in [-0.05, 0) is 24.6 Å². The Bertz CT molecular complexity index is 943. The predicted octanol–water partition coefficient (Wildman–Crippen LogP) is 2.51. The van der Waals surface area contributed by atoms with E-state index in [1.54, 1.807) is 18.2 Å². The number of nitrogens with one attached hydrogen (secondary N) is 1. The molecule has 0 unspecified atom stereocenters. The number of aryl methyl sites for hydroxylation is 1. The average molecular weight is 390 g/mol. The van der Waals surface area contributed by atoms with Crippen molar-refractivity contribution in [3.63, 3.8) is 0 Å². The van der Waals surface area contributed by atoms with Crippen molar-refractivity contribution in [3.05, 3.63) is 53.6 Å². The number of sulfonamides is 1. The second-order valence-electron chi connectivity index (χ2n) is 6.45. The second-order valence-corrected chi connectivity index (χ2v) is 8.43. The largest absolute Gasteiger partial charge is 0.454 e. The number of carbonyl (C=O) groups excluding carboxylic acids is 1. The van der Waals surface area contributed by atoms with E-state index in [1.165, 1.54) is 4.31 Å². The van der Waals surface area contributed by atoms with Crippen molar-refractivity contribution in [3.8, 4) is 11.5 Å². The molecular weight excluding hydrogens is 368 g/mol. The van der Waals surface area contributed by atoms with Crippen molar-refractivity contribution < 1.29 is 22.7 Å². The molecule has 27 heavy (non-hydrogen) atoms. The van der Waals surface area contributed by atoms with Crippen LogP contribution in [0.3, 0.4) is 0 Å². The van der Waals surface area contributed by atoms with Gasteiger partial charge in [0.15, 0.2) is 11.5 Å². The van der Waals surface area contributed by atoms with Crippen LogP contribution in [0.4, 0.5) is 5.69 Å². The molecule has 8 heteroatoms. The first kappa shape index (κ1) is 19.2. The number of nitrogens with zero attached hydrogens (tertiary/aromatic N) is 1. The highest BCUT2D eigenvalue weighted by Gasteiger charge is 2.19. The summed E-state index contributed by atoms with van der Waals surface area (Å²) in [5, 5.41) is 2.76. The van der Waals surface area contributed by atoms with Crippen molar-refractivity contribution in [1.82, 2.24) is 4.31 Å². The van der Waals surface area contributed by atoms with Crippen LogP contribution in [0.25, 0.3) is 0 Å². The summed E-state index contributed by atoms with van der Waals surface area (Å²) in [5.74, 6) is 0.936. The quantitative estimate of drug-likeness (QED) is 0.785. The maximum absolute atomic E-state index is 12.2. The Balaban J connectivity index is 1.60. The van der Waals surface area contributed by atoms with Gasteiger partial charge in [0.1, 0.15) is 0 Å². The lowest BCUT2D eigenvalue weighted by molar-refractivity contribution is -0.116. The number of ether oxygens (including phenoxy) is 2. The number of hydrogen-bond donors (Lipinski definition) is 1. The fourth-order valence-corrected chi connectivity index (χ4v) is 3.61. The van der Waals surface area contributed by atoms with Gasteiger partial charge in [-0.25, -0.2) is 8.42 Å². The van der Waals surface area contributed by atoms with E-state index in [4.69, 9.17) is 9.47 Å². The number of rotatable bonds is 7. The van der Waals surface area contributed by atoms with Crippen molar-refractivity contribution in [2.45, 2.75) is 19.9 Å². The van der Waals surface area contributed by atoms with Gasteiger partial charge in [0.25, 0.3) is 0 Å². The molecule has 1 heterocycles. The van der Waals surface area contributed by atoms with Crippen molar-refractivity contribution in [2.24, 2.45) is 0 Å². The van der Waals surface area contributed by atoms with E-state index in [0.29, 0.717) is 17.2 Å². The molecule has 2 aromatic carbocycles. The molecule has 0 saturated heterocycles. The summed E-state index contributed by atoms with van der Waals surface area (Å²) in [6.07, 6.45) is 1.20. The van der Waals surface area contributed by atoms with Gasteiger partial charge in [-0.2, -0.15) is 4.31 Å². The fraction of sp³-hybridized carbons (Fsp3) is 0.316. The van der Waals surface area contributed by atoms with Gasteiger partial charge >= 0.3 is 0 Å². The molecule has 1 aliphatic rings. The van der Waals surface area contributed by atoms with Crippen LogP contribution < -0.4 is 14.8 Å². The average Bonchev–Trinajstić information content (AvgIpc) is 3.05. The van der Waals surface area contributed by atoms with Gasteiger partial charge in [-0.3, -0.25) is 4.79 Å². The summed E-state index contributed by atoms with van der Waals surface area (Å²) in [4.78, 5) is 12.2. The molecule has 0 fully saturated rings. The molecule has 0 spiro atoms. The van der Waals surface area contributed by atoms with Crippen LogP contribution in [0, 0.1) is 6.92 Å². The van der Waals surface area contributed by atoms with E-state index in [9.17, 15) is 13.2 Å². The summed E-state index contributed by atoms with van der Waals surface area (Å²) >= 11 is 0. The number of amides is 1. The van der Waals surface area contributed by atoms with Gasteiger partial charge in [-0.15, -0.1) is 0 Å². The van der Waals surface area contributed by atoms with Crippen LogP contribution >= 0.6 is 0 Å². The molecule has 144 valence electrons. The van der Waals surface area contributed by atoms with Crippen LogP contribution in [0.1, 0.15) is 17.5 Å². The summed E-state index contributed by atoms with van der Waals surface area (Å²) in [5.41, 5.74) is 2.52. The number of anilines is 1. The molecule has 3 rings (SSSR count). The minimum atomic E-state index is -3.44. The number of carbonyl (C=O) groups is 1. The van der Waals surface area contributed by atoms with Crippen LogP contribution in [-0.4, -0.2) is 38.2 Å². The molecule has 1 aliphatic heterocycles. The third-order valence-corrected chi connectivity index (χ3v) is 5.40. The van der Waals surface area contributed by atoms with Gasteiger partial charge in [0.2, 0.25) is 22.7 Å². The lowest BCUT2D eigenvalue weighted by atomic mass is 10.1. The first-order valence-corrected chi connectivity index (χ1v) is 10.4. The van der Waals surface area contributed by atoms with Gasteiger partial charge < -0.3 is 14.8 Å². The van der Waals surface area contributed by atoms with Crippen LogP contribution in [-0.2, 0) is 21.4 Å². The monoisotopic (exact) mass is 390 g/mol. The third kappa shape index (κ3) is 5.21. The molecule has 0 aromatic heterocycles. The normalized spacial score (nSPS) is 13.0. The smallest absolute Gasteiger partial charge is 0.231 e. The van der Waals surface area contributed by atoms with Crippen molar-refractivity contribution in [1.29, 1.82) is 0 Å². The molecule has 0 bridgehead atoms. The lowest BCUT2D eigenvalue weighted by Gasteiger charge is -2.20. The van der Waals surface area contributed by atoms with Gasteiger partial charge in [0.05, 0.1) is 6.26 Å². The minimum Gasteiger partial charge on any atom is -0.454 e. The van der Waals surface area contributed by atoms with Gasteiger partial charge in [-0.1, -0.05) is 29.8 Å². The predicted molar refractivity (Wildman–Crippen MR) is 102 cm³/mol. The highest BCUT2D eigenvalue weighted by Crippen LogP contribution is 2.34. The Morgan fingerprint density at radius 1 is 1.15 bits per heavy atom. The minimum absolute atomic E-state index is 0.0489. The molecule has 1 N–H and O–H groups in total. The third-order valence-electron chi connectivity index (χ3n) is 4.16. The molecule has 0 atom stereocenters.